The third-order valence-electron chi connectivity index (χ3n) is 3.19. The Hall–Kier alpha value is -1.49. The summed E-state index contributed by atoms with van der Waals surface area (Å²) >= 11 is 1.80. The van der Waals surface area contributed by atoms with Crippen LogP contribution in [0.15, 0.2) is 18.2 Å². The molecule has 0 atom stereocenters. The van der Waals surface area contributed by atoms with Gasteiger partial charge in [-0.25, -0.2) is 4.79 Å². The number of fused-ring (bicyclic) bond motifs is 1. The molecule has 0 spiro atoms. The van der Waals surface area contributed by atoms with Gasteiger partial charge in [0.25, 0.3) is 0 Å². The zero-order chi connectivity index (χ0) is 13.8. The van der Waals surface area contributed by atoms with Crippen LogP contribution in [-0.2, 0) is 11.2 Å². The first kappa shape index (κ1) is 13.9. The highest BCUT2D eigenvalue weighted by Gasteiger charge is 2.24. The van der Waals surface area contributed by atoms with Crippen LogP contribution < -0.4 is 4.90 Å². The van der Waals surface area contributed by atoms with Crippen molar-refractivity contribution in [1.29, 1.82) is 0 Å². The second-order valence-electron chi connectivity index (χ2n) is 4.39. The van der Waals surface area contributed by atoms with Gasteiger partial charge in [-0.3, -0.25) is 4.79 Å². The molecule has 1 N–H and O–H groups in total. The topological polar surface area (TPSA) is 57.6 Å². The predicted molar refractivity (Wildman–Crippen MR) is 77.1 cm³/mol. The first-order valence-electron chi connectivity index (χ1n) is 6.37. The van der Waals surface area contributed by atoms with E-state index < -0.39 is 5.97 Å². The summed E-state index contributed by atoms with van der Waals surface area (Å²) in [4.78, 5) is 24.7. The highest BCUT2D eigenvalue weighted by Crippen LogP contribution is 2.29. The lowest BCUT2D eigenvalue weighted by molar-refractivity contribution is -0.118. The summed E-state index contributed by atoms with van der Waals surface area (Å²) in [5.74, 6) is 1.15. The van der Waals surface area contributed by atoms with Crippen molar-refractivity contribution >= 4 is 29.3 Å². The van der Waals surface area contributed by atoms with Gasteiger partial charge in [0.2, 0.25) is 5.91 Å². The Morgan fingerprint density at radius 3 is 2.89 bits per heavy atom. The molecule has 102 valence electrons. The number of carboxylic acid groups (broad SMARTS) is 1. The van der Waals surface area contributed by atoms with E-state index in [1.165, 1.54) is 0 Å². The van der Waals surface area contributed by atoms with E-state index in [1.54, 1.807) is 34.9 Å². The summed E-state index contributed by atoms with van der Waals surface area (Å²) < 4.78 is 0. The van der Waals surface area contributed by atoms with Gasteiger partial charge >= 0.3 is 5.97 Å². The molecule has 0 unspecified atom stereocenters. The number of hydrogen-bond acceptors (Lipinski definition) is 3. The molecule has 1 heterocycles. The smallest absolute Gasteiger partial charge is 0.335 e. The molecule has 1 aliphatic heterocycles. The largest absolute Gasteiger partial charge is 0.478 e. The number of benzene rings is 1. The molecule has 0 saturated carbocycles. The molecule has 5 heteroatoms. The standard InChI is InChI=1S/C14H17NO3S/c1-2-19-8-7-15-12-5-3-11(14(17)18)9-10(12)4-6-13(15)16/h3,5,9H,2,4,6-8H2,1H3,(H,17,18). The van der Waals surface area contributed by atoms with E-state index in [0.29, 0.717) is 19.4 Å². The third-order valence-corrected chi connectivity index (χ3v) is 4.07. The summed E-state index contributed by atoms with van der Waals surface area (Å²) in [5.41, 5.74) is 2.12. The van der Waals surface area contributed by atoms with Crippen LogP contribution in [0.2, 0.25) is 0 Å². The number of carboxylic acids is 1. The summed E-state index contributed by atoms with van der Waals surface area (Å²) in [6.07, 6.45) is 1.10. The van der Waals surface area contributed by atoms with Gasteiger partial charge in [0.05, 0.1) is 5.56 Å². The summed E-state index contributed by atoms with van der Waals surface area (Å²) in [6.45, 7) is 2.78. The van der Waals surface area contributed by atoms with Crippen LogP contribution in [0, 0.1) is 0 Å². The Morgan fingerprint density at radius 1 is 1.42 bits per heavy atom. The number of amides is 1. The SMILES string of the molecule is CCSCCN1C(=O)CCc2cc(C(=O)O)ccc21. The maximum absolute atomic E-state index is 12.0. The van der Waals surface area contributed by atoms with E-state index in [4.69, 9.17) is 5.11 Å². The lowest BCUT2D eigenvalue weighted by atomic mass is 9.99. The lowest BCUT2D eigenvalue weighted by Crippen LogP contribution is -2.36. The molecule has 19 heavy (non-hydrogen) atoms. The van der Waals surface area contributed by atoms with Gasteiger partial charge in [-0.1, -0.05) is 6.92 Å². The monoisotopic (exact) mass is 279 g/mol. The van der Waals surface area contributed by atoms with Gasteiger partial charge in [0.15, 0.2) is 0 Å². The molecule has 0 aromatic heterocycles. The molecule has 0 bridgehead atoms. The molecular weight excluding hydrogens is 262 g/mol. The Balaban J connectivity index is 2.23. The number of nitrogens with zero attached hydrogens (tertiary/aromatic N) is 1. The van der Waals surface area contributed by atoms with Crippen molar-refractivity contribution < 1.29 is 14.7 Å². The van der Waals surface area contributed by atoms with Gasteiger partial charge in [-0.15, -0.1) is 0 Å². The average molecular weight is 279 g/mol. The van der Waals surface area contributed by atoms with E-state index in [1.807, 2.05) is 0 Å². The molecule has 0 fully saturated rings. The average Bonchev–Trinajstić information content (AvgIpc) is 2.40. The Kier molecular flexibility index (Phi) is 4.47. The van der Waals surface area contributed by atoms with Gasteiger partial charge in [-0.05, 0) is 35.9 Å². The quantitative estimate of drug-likeness (QED) is 0.841. The number of rotatable bonds is 5. The lowest BCUT2D eigenvalue weighted by Gasteiger charge is -2.29. The molecule has 0 radical (unpaired) electrons. The van der Waals surface area contributed by atoms with Crippen molar-refractivity contribution in [2.75, 3.05) is 23.0 Å². The summed E-state index contributed by atoms with van der Waals surface area (Å²) in [7, 11) is 0. The van der Waals surface area contributed by atoms with E-state index >= 15 is 0 Å². The Bertz CT molecular complexity index is 501. The van der Waals surface area contributed by atoms with Crippen molar-refractivity contribution in [3.63, 3.8) is 0 Å². The first-order chi connectivity index (χ1) is 9.13. The van der Waals surface area contributed by atoms with Crippen LogP contribution in [0.5, 0.6) is 0 Å². The van der Waals surface area contributed by atoms with Gasteiger partial charge in [0, 0.05) is 24.4 Å². The summed E-state index contributed by atoms with van der Waals surface area (Å²) in [6, 6.07) is 5.01. The molecular formula is C14H17NO3S. The summed E-state index contributed by atoms with van der Waals surface area (Å²) in [5, 5.41) is 8.99. The highest BCUT2D eigenvalue weighted by atomic mass is 32.2. The van der Waals surface area contributed by atoms with E-state index in [9.17, 15) is 9.59 Å². The number of hydrogen-bond donors (Lipinski definition) is 1. The second kappa shape index (κ2) is 6.10. The number of thioether (sulfide) groups is 1. The minimum absolute atomic E-state index is 0.132. The molecule has 1 amide bonds. The number of anilines is 1. The number of aromatic carboxylic acids is 1. The zero-order valence-corrected chi connectivity index (χ0v) is 11.7. The first-order valence-corrected chi connectivity index (χ1v) is 7.53. The molecule has 0 saturated heterocycles. The number of aryl methyl sites for hydroxylation is 1. The van der Waals surface area contributed by atoms with Gasteiger partial charge in [-0.2, -0.15) is 11.8 Å². The van der Waals surface area contributed by atoms with Crippen LogP contribution in [0.3, 0.4) is 0 Å². The number of carbonyl (C=O) groups excluding carboxylic acids is 1. The number of carbonyl (C=O) groups is 2. The van der Waals surface area contributed by atoms with Gasteiger partial charge < -0.3 is 10.0 Å². The fraction of sp³-hybridized carbons (Fsp3) is 0.429. The van der Waals surface area contributed by atoms with Crippen LogP contribution >= 0.6 is 11.8 Å². The zero-order valence-electron chi connectivity index (χ0n) is 10.9. The maximum atomic E-state index is 12.0. The molecule has 4 nitrogen and oxygen atoms in total. The van der Waals surface area contributed by atoms with E-state index in [-0.39, 0.29) is 11.5 Å². The van der Waals surface area contributed by atoms with Crippen molar-refractivity contribution in [1.82, 2.24) is 0 Å². The van der Waals surface area contributed by atoms with Crippen molar-refractivity contribution in [3.05, 3.63) is 29.3 Å². The maximum Gasteiger partial charge on any atom is 0.335 e. The van der Waals surface area contributed by atoms with Crippen molar-refractivity contribution in [2.45, 2.75) is 19.8 Å². The minimum atomic E-state index is -0.923. The van der Waals surface area contributed by atoms with Crippen LogP contribution in [0.1, 0.15) is 29.3 Å². The predicted octanol–water partition coefficient (Wildman–Crippen LogP) is 2.42. The molecule has 1 aromatic carbocycles. The molecule has 1 aromatic rings. The third kappa shape index (κ3) is 3.10. The fourth-order valence-electron chi connectivity index (χ4n) is 2.24. The fourth-order valence-corrected chi connectivity index (χ4v) is 2.84. The molecule has 1 aliphatic rings. The van der Waals surface area contributed by atoms with E-state index in [2.05, 4.69) is 6.92 Å². The van der Waals surface area contributed by atoms with Crippen LogP contribution in [-0.4, -0.2) is 35.0 Å². The van der Waals surface area contributed by atoms with Gasteiger partial charge in [0.1, 0.15) is 0 Å². The van der Waals surface area contributed by atoms with Crippen LogP contribution in [0.25, 0.3) is 0 Å². The minimum Gasteiger partial charge on any atom is -0.478 e. The van der Waals surface area contributed by atoms with Crippen molar-refractivity contribution in [2.24, 2.45) is 0 Å². The second-order valence-corrected chi connectivity index (χ2v) is 5.78. The Morgan fingerprint density at radius 2 is 2.21 bits per heavy atom. The molecule has 0 aliphatic carbocycles. The normalized spacial score (nSPS) is 14.4. The highest BCUT2D eigenvalue weighted by molar-refractivity contribution is 7.99. The van der Waals surface area contributed by atoms with E-state index in [0.717, 1.165) is 22.8 Å². The molecule has 2 rings (SSSR count). The van der Waals surface area contributed by atoms with Crippen molar-refractivity contribution in [3.8, 4) is 0 Å². The Labute approximate surface area is 116 Å². The van der Waals surface area contributed by atoms with Crippen LogP contribution in [0.4, 0.5) is 5.69 Å².